The molecule has 0 aliphatic carbocycles. The van der Waals surface area contributed by atoms with Crippen LogP contribution in [0.4, 0.5) is 11.4 Å². The number of rotatable bonds is 6. The molecule has 1 heterocycles. The van der Waals surface area contributed by atoms with Crippen LogP contribution in [0.15, 0.2) is 92.8 Å². The summed E-state index contributed by atoms with van der Waals surface area (Å²) in [6.45, 7) is 0. The standard InChI is InChI=1S/C25H18N4O7S2/c30-25-22(38(34,35)36)14-16-13-18(37(31,32)33)10-11-19(16)24(25)29-28-17-8-5-15(6-9-17)7-12-23-26-20-3-1-2-4-21(20)27-23/h1-14,30H,(H,26,27)(H,31,32,33)(H,34,35,36). The number of aromatic hydroxyl groups is 1. The van der Waals surface area contributed by atoms with Crippen molar-refractivity contribution in [3.8, 4) is 5.75 Å². The Morgan fingerprint density at radius 2 is 1.55 bits per heavy atom. The molecule has 192 valence electrons. The van der Waals surface area contributed by atoms with E-state index < -0.39 is 35.8 Å². The van der Waals surface area contributed by atoms with E-state index in [1.54, 1.807) is 24.3 Å². The van der Waals surface area contributed by atoms with E-state index in [0.29, 0.717) is 11.5 Å². The first kappa shape index (κ1) is 25.2. The molecule has 4 aromatic carbocycles. The summed E-state index contributed by atoms with van der Waals surface area (Å²) >= 11 is 0. The third-order valence-electron chi connectivity index (χ3n) is 5.60. The SMILES string of the molecule is O=S(=O)(O)c1ccc2c(N=Nc3ccc(C=Cc4nc5ccccc5[nH]4)cc3)c(O)c(S(=O)(=O)O)cc2c1. The molecule has 0 unspecified atom stereocenters. The molecule has 5 rings (SSSR count). The van der Waals surface area contributed by atoms with Crippen molar-refractivity contribution in [2.24, 2.45) is 10.2 Å². The molecule has 13 heteroatoms. The van der Waals surface area contributed by atoms with E-state index >= 15 is 0 Å². The number of aromatic amines is 1. The zero-order valence-corrected chi connectivity index (χ0v) is 20.8. The molecule has 1 aromatic heterocycles. The second-order valence-electron chi connectivity index (χ2n) is 8.17. The van der Waals surface area contributed by atoms with Gasteiger partial charge in [0, 0.05) is 5.39 Å². The molecule has 0 saturated heterocycles. The molecule has 0 amide bonds. The highest BCUT2D eigenvalue weighted by Crippen LogP contribution is 2.42. The van der Waals surface area contributed by atoms with Gasteiger partial charge in [-0.1, -0.05) is 36.4 Å². The number of fused-ring (bicyclic) bond motifs is 2. The first-order valence-electron chi connectivity index (χ1n) is 10.9. The van der Waals surface area contributed by atoms with E-state index in [2.05, 4.69) is 20.2 Å². The van der Waals surface area contributed by atoms with Crippen LogP contribution in [0, 0.1) is 0 Å². The van der Waals surface area contributed by atoms with Crippen LogP contribution in [0.3, 0.4) is 0 Å². The largest absolute Gasteiger partial charge is 0.504 e. The lowest BCUT2D eigenvalue weighted by atomic mass is 10.1. The molecule has 0 saturated carbocycles. The van der Waals surface area contributed by atoms with Crippen LogP contribution in [0.25, 0.3) is 34.0 Å². The average Bonchev–Trinajstić information content (AvgIpc) is 3.29. The highest BCUT2D eigenvalue weighted by molar-refractivity contribution is 7.86. The molecule has 0 bridgehead atoms. The molecular weight excluding hydrogens is 532 g/mol. The number of hydrogen-bond acceptors (Lipinski definition) is 8. The Morgan fingerprint density at radius 1 is 0.816 bits per heavy atom. The fourth-order valence-electron chi connectivity index (χ4n) is 3.77. The lowest BCUT2D eigenvalue weighted by Crippen LogP contribution is -2.00. The normalized spacial score (nSPS) is 12.8. The lowest BCUT2D eigenvalue weighted by Gasteiger charge is -2.09. The van der Waals surface area contributed by atoms with Gasteiger partial charge in [-0.05, 0) is 59.5 Å². The minimum absolute atomic E-state index is 0.0226. The van der Waals surface area contributed by atoms with Crippen molar-refractivity contribution in [2.45, 2.75) is 9.79 Å². The van der Waals surface area contributed by atoms with Gasteiger partial charge in [0.05, 0.1) is 21.6 Å². The van der Waals surface area contributed by atoms with E-state index in [0.717, 1.165) is 34.8 Å². The second kappa shape index (κ2) is 9.46. The van der Waals surface area contributed by atoms with Gasteiger partial charge in [0.2, 0.25) is 0 Å². The Balaban J connectivity index is 1.47. The number of hydrogen-bond donors (Lipinski definition) is 4. The maximum absolute atomic E-state index is 11.8. The summed E-state index contributed by atoms with van der Waals surface area (Å²) in [6.07, 6.45) is 3.67. The average molecular weight is 551 g/mol. The number of benzene rings is 4. The number of nitrogens with zero attached hydrogens (tertiary/aromatic N) is 3. The topological polar surface area (TPSA) is 182 Å². The predicted molar refractivity (Wildman–Crippen MR) is 141 cm³/mol. The van der Waals surface area contributed by atoms with Crippen LogP contribution < -0.4 is 0 Å². The van der Waals surface area contributed by atoms with Crippen LogP contribution >= 0.6 is 0 Å². The smallest absolute Gasteiger partial charge is 0.298 e. The predicted octanol–water partition coefficient (Wildman–Crippen LogP) is 5.50. The summed E-state index contributed by atoms with van der Waals surface area (Å²) in [5, 5.41) is 18.7. The summed E-state index contributed by atoms with van der Waals surface area (Å²) in [4.78, 5) is 6.28. The van der Waals surface area contributed by atoms with Crippen molar-refractivity contribution in [3.05, 3.63) is 84.2 Å². The molecule has 38 heavy (non-hydrogen) atoms. The zero-order chi connectivity index (χ0) is 27.1. The first-order chi connectivity index (χ1) is 18.0. The van der Waals surface area contributed by atoms with Crippen molar-refractivity contribution < 1.29 is 31.0 Å². The number of nitrogens with one attached hydrogen (secondary N) is 1. The van der Waals surface area contributed by atoms with Crippen LogP contribution in [-0.2, 0) is 20.2 Å². The first-order valence-corrected chi connectivity index (χ1v) is 13.8. The van der Waals surface area contributed by atoms with E-state index in [1.807, 2.05) is 36.4 Å². The van der Waals surface area contributed by atoms with Crippen molar-refractivity contribution >= 4 is 65.6 Å². The summed E-state index contributed by atoms with van der Waals surface area (Å²) in [5.74, 6) is -0.179. The molecule has 5 aromatic rings. The Bertz CT molecular complexity index is 1950. The Morgan fingerprint density at radius 3 is 2.24 bits per heavy atom. The molecular formula is C25H18N4O7S2. The van der Waals surface area contributed by atoms with Gasteiger partial charge in [0.1, 0.15) is 16.4 Å². The van der Waals surface area contributed by atoms with Gasteiger partial charge in [-0.3, -0.25) is 9.11 Å². The number of aromatic nitrogens is 2. The van der Waals surface area contributed by atoms with Crippen molar-refractivity contribution in [3.63, 3.8) is 0 Å². The van der Waals surface area contributed by atoms with Crippen molar-refractivity contribution in [1.29, 1.82) is 0 Å². The zero-order valence-electron chi connectivity index (χ0n) is 19.2. The van der Waals surface area contributed by atoms with Crippen LogP contribution in [0.5, 0.6) is 5.75 Å². The monoisotopic (exact) mass is 550 g/mol. The second-order valence-corrected chi connectivity index (χ2v) is 11.0. The quantitative estimate of drug-likeness (QED) is 0.158. The fraction of sp³-hybridized carbons (Fsp3) is 0. The number of azo groups is 1. The number of para-hydroxylation sites is 2. The summed E-state index contributed by atoms with van der Waals surface area (Å²) in [5.41, 5.74) is 2.66. The molecule has 4 N–H and O–H groups in total. The van der Waals surface area contributed by atoms with Crippen LogP contribution in [0.2, 0.25) is 0 Å². The van der Waals surface area contributed by atoms with Gasteiger partial charge in [0.15, 0.2) is 5.75 Å². The highest BCUT2D eigenvalue weighted by atomic mass is 32.2. The maximum Gasteiger partial charge on any atom is 0.298 e. The Kier molecular flexibility index (Phi) is 6.28. The molecule has 0 aliphatic heterocycles. The number of phenols is 1. The van der Waals surface area contributed by atoms with E-state index in [9.17, 15) is 31.0 Å². The van der Waals surface area contributed by atoms with Crippen LogP contribution in [-0.4, -0.2) is 41.0 Å². The number of H-pyrrole nitrogens is 1. The van der Waals surface area contributed by atoms with Crippen molar-refractivity contribution in [1.82, 2.24) is 9.97 Å². The van der Waals surface area contributed by atoms with E-state index in [1.165, 1.54) is 6.07 Å². The molecule has 11 nitrogen and oxygen atoms in total. The summed E-state index contributed by atoms with van der Waals surface area (Å²) < 4.78 is 65.5. The van der Waals surface area contributed by atoms with E-state index in [-0.39, 0.29) is 16.5 Å². The molecule has 0 atom stereocenters. The minimum Gasteiger partial charge on any atom is -0.504 e. The molecule has 0 radical (unpaired) electrons. The van der Waals surface area contributed by atoms with E-state index in [4.69, 9.17) is 0 Å². The maximum atomic E-state index is 11.8. The van der Waals surface area contributed by atoms with Gasteiger partial charge < -0.3 is 10.1 Å². The highest BCUT2D eigenvalue weighted by Gasteiger charge is 2.23. The third-order valence-corrected chi connectivity index (χ3v) is 7.31. The molecule has 0 aliphatic rings. The summed E-state index contributed by atoms with van der Waals surface area (Å²) in [7, 11) is -9.50. The Labute approximate surface area is 216 Å². The van der Waals surface area contributed by atoms with Gasteiger partial charge in [-0.25, -0.2) is 4.98 Å². The van der Waals surface area contributed by atoms with Gasteiger partial charge in [-0.2, -0.15) is 21.9 Å². The number of imidazole rings is 1. The lowest BCUT2D eigenvalue weighted by molar-refractivity contribution is 0.445. The van der Waals surface area contributed by atoms with Gasteiger partial charge in [0.25, 0.3) is 20.2 Å². The fourth-order valence-corrected chi connectivity index (χ4v) is 4.91. The van der Waals surface area contributed by atoms with Crippen LogP contribution in [0.1, 0.15) is 11.4 Å². The van der Waals surface area contributed by atoms with Gasteiger partial charge >= 0.3 is 0 Å². The third kappa shape index (κ3) is 5.17. The number of phenolic OH excluding ortho intramolecular Hbond substituents is 1. The minimum atomic E-state index is -4.90. The molecule has 0 fully saturated rings. The summed E-state index contributed by atoms with van der Waals surface area (Å²) in [6, 6.07) is 18.6. The van der Waals surface area contributed by atoms with Gasteiger partial charge in [-0.15, -0.1) is 5.11 Å². The molecule has 0 spiro atoms. The Hall–Kier alpha value is -4.43. The van der Waals surface area contributed by atoms with Crippen molar-refractivity contribution in [2.75, 3.05) is 0 Å².